The molecule has 0 saturated heterocycles. The molecule has 0 aromatic heterocycles. The molecule has 1 atom stereocenters. The van der Waals surface area contributed by atoms with Gasteiger partial charge in [-0.25, -0.2) is 4.39 Å². The van der Waals surface area contributed by atoms with E-state index >= 15 is 0 Å². The minimum atomic E-state index is -0.165. The molecule has 3 heteroatoms. The van der Waals surface area contributed by atoms with Gasteiger partial charge in [0.2, 0.25) is 0 Å². The minimum absolute atomic E-state index is 0. The Labute approximate surface area is 97.3 Å². The summed E-state index contributed by atoms with van der Waals surface area (Å²) >= 11 is 0. The Kier molecular flexibility index (Phi) is 5.84. The Morgan fingerprint density at radius 1 is 1.33 bits per heavy atom. The lowest BCUT2D eigenvalue weighted by molar-refractivity contribution is 0.504. The summed E-state index contributed by atoms with van der Waals surface area (Å²) in [6.07, 6.45) is 0.893. The van der Waals surface area contributed by atoms with Gasteiger partial charge in [-0.05, 0) is 36.5 Å². The molecule has 0 fully saturated rings. The zero-order chi connectivity index (χ0) is 10.7. The quantitative estimate of drug-likeness (QED) is 0.845. The highest BCUT2D eigenvalue weighted by Gasteiger charge is 2.12. The fourth-order valence-electron chi connectivity index (χ4n) is 1.66. The molecule has 0 aliphatic rings. The summed E-state index contributed by atoms with van der Waals surface area (Å²) in [5.41, 5.74) is 7.61. The second-order valence-corrected chi connectivity index (χ2v) is 4.19. The monoisotopic (exact) mass is 231 g/mol. The molecule has 0 radical (unpaired) electrons. The molecular formula is C12H19ClFN. The lowest BCUT2D eigenvalue weighted by atomic mass is 9.94. The van der Waals surface area contributed by atoms with E-state index in [1.54, 1.807) is 13.0 Å². The van der Waals surface area contributed by atoms with E-state index < -0.39 is 0 Å². The van der Waals surface area contributed by atoms with E-state index in [0.717, 1.165) is 12.0 Å². The van der Waals surface area contributed by atoms with Crippen molar-refractivity contribution in [2.45, 2.75) is 33.2 Å². The van der Waals surface area contributed by atoms with Gasteiger partial charge in [-0.3, -0.25) is 0 Å². The number of rotatable bonds is 3. The van der Waals surface area contributed by atoms with E-state index in [1.807, 2.05) is 6.07 Å². The Morgan fingerprint density at radius 2 is 1.93 bits per heavy atom. The van der Waals surface area contributed by atoms with E-state index in [-0.39, 0.29) is 24.3 Å². The highest BCUT2D eigenvalue weighted by Crippen LogP contribution is 2.23. The lowest BCUT2D eigenvalue weighted by Gasteiger charge is -2.16. The van der Waals surface area contributed by atoms with Crippen LogP contribution >= 0.6 is 12.4 Å². The second kappa shape index (κ2) is 6.09. The van der Waals surface area contributed by atoms with Gasteiger partial charge in [-0.1, -0.05) is 26.0 Å². The van der Waals surface area contributed by atoms with E-state index in [2.05, 4.69) is 13.8 Å². The predicted molar refractivity (Wildman–Crippen MR) is 64.8 cm³/mol. The van der Waals surface area contributed by atoms with Crippen molar-refractivity contribution in [2.75, 3.05) is 0 Å². The van der Waals surface area contributed by atoms with Crippen molar-refractivity contribution in [3.05, 3.63) is 35.1 Å². The maximum Gasteiger partial charge on any atom is 0.126 e. The van der Waals surface area contributed by atoms with Crippen molar-refractivity contribution in [3.63, 3.8) is 0 Å². The maximum absolute atomic E-state index is 13.2. The highest BCUT2D eigenvalue weighted by atomic mass is 35.5. The van der Waals surface area contributed by atoms with Gasteiger partial charge >= 0.3 is 0 Å². The predicted octanol–water partition coefficient (Wildman–Crippen LogP) is 3.60. The number of halogens is 2. The van der Waals surface area contributed by atoms with Gasteiger partial charge in [0.15, 0.2) is 0 Å². The molecule has 1 nitrogen and oxygen atoms in total. The summed E-state index contributed by atoms with van der Waals surface area (Å²) in [7, 11) is 0. The summed E-state index contributed by atoms with van der Waals surface area (Å²) in [6, 6.07) is 5.05. The highest BCUT2D eigenvalue weighted by molar-refractivity contribution is 5.85. The molecule has 0 unspecified atom stereocenters. The number of benzene rings is 1. The number of hydrogen-bond acceptors (Lipinski definition) is 1. The molecule has 0 aliphatic heterocycles. The van der Waals surface area contributed by atoms with Gasteiger partial charge in [0, 0.05) is 6.04 Å². The van der Waals surface area contributed by atoms with Crippen LogP contribution in [0.2, 0.25) is 0 Å². The van der Waals surface area contributed by atoms with Crippen molar-refractivity contribution in [3.8, 4) is 0 Å². The normalized spacial score (nSPS) is 12.4. The van der Waals surface area contributed by atoms with Crippen LogP contribution in [0.15, 0.2) is 18.2 Å². The molecule has 1 aromatic carbocycles. The van der Waals surface area contributed by atoms with Gasteiger partial charge < -0.3 is 5.73 Å². The maximum atomic E-state index is 13.2. The van der Waals surface area contributed by atoms with Crippen molar-refractivity contribution in [1.29, 1.82) is 0 Å². The topological polar surface area (TPSA) is 26.0 Å². The zero-order valence-corrected chi connectivity index (χ0v) is 10.3. The molecule has 0 amide bonds. The average Bonchev–Trinajstić information content (AvgIpc) is 2.08. The third kappa shape index (κ3) is 3.80. The Morgan fingerprint density at radius 3 is 2.47 bits per heavy atom. The van der Waals surface area contributed by atoms with Gasteiger partial charge in [-0.2, -0.15) is 0 Å². The largest absolute Gasteiger partial charge is 0.324 e. The lowest BCUT2D eigenvalue weighted by Crippen LogP contribution is -2.14. The van der Waals surface area contributed by atoms with Crippen molar-refractivity contribution < 1.29 is 4.39 Å². The first kappa shape index (κ1) is 14.4. The van der Waals surface area contributed by atoms with Crippen LogP contribution in [-0.2, 0) is 0 Å². The van der Waals surface area contributed by atoms with Crippen LogP contribution in [0.25, 0.3) is 0 Å². The van der Waals surface area contributed by atoms with E-state index in [9.17, 15) is 4.39 Å². The van der Waals surface area contributed by atoms with Gasteiger partial charge in [0.25, 0.3) is 0 Å². The summed E-state index contributed by atoms with van der Waals surface area (Å²) in [5, 5.41) is 0. The van der Waals surface area contributed by atoms with Crippen LogP contribution in [0.1, 0.15) is 37.4 Å². The number of nitrogens with two attached hydrogens (primary N) is 1. The number of hydrogen-bond donors (Lipinski definition) is 1. The fourth-order valence-corrected chi connectivity index (χ4v) is 1.66. The van der Waals surface area contributed by atoms with Crippen LogP contribution in [0, 0.1) is 18.7 Å². The third-order valence-electron chi connectivity index (χ3n) is 2.43. The average molecular weight is 232 g/mol. The SMILES string of the molecule is Cc1c(F)cccc1[C@H](N)CC(C)C.Cl. The van der Waals surface area contributed by atoms with E-state index in [1.165, 1.54) is 6.07 Å². The molecule has 2 N–H and O–H groups in total. The third-order valence-corrected chi connectivity index (χ3v) is 2.43. The van der Waals surface area contributed by atoms with E-state index in [4.69, 9.17) is 5.73 Å². The molecule has 0 spiro atoms. The smallest absolute Gasteiger partial charge is 0.126 e. The molecule has 0 aliphatic carbocycles. The molecule has 1 aromatic rings. The summed E-state index contributed by atoms with van der Waals surface area (Å²) in [4.78, 5) is 0. The summed E-state index contributed by atoms with van der Waals surface area (Å²) in [6.45, 7) is 6.02. The van der Waals surface area contributed by atoms with Crippen molar-refractivity contribution >= 4 is 12.4 Å². The first-order valence-electron chi connectivity index (χ1n) is 5.03. The summed E-state index contributed by atoms with van der Waals surface area (Å²) in [5.74, 6) is 0.370. The van der Waals surface area contributed by atoms with Gasteiger partial charge in [0.1, 0.15) is 5.82 Å². The van der Waals surface area contributed by atoms with Gasteiger partial charge in [-0.15, -0.1) is 12.4 Å². The zero-order valence-electron chi connectivity index (χ0n) is 9.46. The molecule has 1 rings (SSSR count). The molecule has 15 heavy (non-hydrogen) atoms. The minimum Gasteiger partial charge on any atom is -0.324 e. The van der Waals surface area contributed by atoms with Crippen LogP contribution in [0.4, 0.5) is 4.39 Å². The summed E-state index contributed by atoms with van der Waals surface area (Å²) < 4.78 is 13.2. The molecule has 0 bridgehead atoms. The molecule has 0 saturated carbocycles. The Hall–Kier alpha value is -0.600. The van der Waals surface area contributed by atoms with Crippen LogP contribution < -0.4 is 5.73 Å². The fraction of sp³-hybridized carbons (Fsp3) is 0.500. The van der Waals surface area contributed by atoms with Crippen LogP contribution in [-0.4, -0.2) is 0 Å². The second-order valence-electron chi connectivity index (χ2n) is 4.19. The Bertz CT molecular complexity index is 312. The van der Waals surface area contributed by atoms with Crippen LogP contribution in [0.3, 0.4) is 0 Å². The standard InChI is InChI=1S/C12H18FN.ClH/c1-8(2)7-12(14)10-5-4-6-11(13)9(10)3;/h4-6,8,12H,7,14H2,1-3H3;1H/t12-;/m1./s1. The van der Waals surface area contributed by atoms with Gasteiger partial charge in [0.05, 0.1) is 0 Å². The van der Waals surface area contributed by atoms with Crippen molar-refractivity contribution in [2.24, 2.45) is 11.7 Å². The van der Waals surface area contributed by atoms with E-state index in [0.29, 0.717) is 11.5 Å². The molecular weight excluding hydrogens is 213 g/mol. The first-order valence-corrected chi connectivity index (χ1v) is 5.03. The Balaban J connectivity index is 0.00000196. The molecule has 86 valence electrons. The molecule has 0 heterocycles. The van der Waals surface area contributed by atoms with Crippen LogP contribution in [0.5, 0.6) is 0 Å². The van der Waals surface area contributed by atoms with Crippen molar-refractivity contribution in [1.82, 2.24) is 0 Å². The first-order chi connectivity index (χ1) is 6.52.